The Morgan fingerprint density at radius 2 is 1.67 bits per heavy atom. The van der Waals surface area contributed by atoms with Crippen molar-refractivity contribution in [3.8, 4) is 5.75 Å². The number of rotatable bonds is 8. The molecule has 0 spiro atoms. The molecule has 33 heavy (non-hydrogen) atoms. The van der Waals surface area contributed by atoms with Crippen molar-refractivity contribution in [3.63, 3.8) is 0 Å². The minimum absolute atomic E-state index is 0.0248. The van der Waals surface area contributed by atoms with Gasteiger partial charge < -0.3 is 14.5 Å². The van der Waals surface area contributed by atoms with E-state index in [-0.39, 0.29) is 36.8 Å². The Morgan fingerprint density at radius 3 is 2.33 bits per heavy atom. The highest BCUT2D eigenvalue weighted by Gasteiger charge is 2.42. The Labute approximate surface area is 195 Å². The number of benzene rings is 2. The Morgan fingerprint density at radius 1 is 0.970 bits per heavy atom. The van der Waals surface area contributed by atoms with E-state index in [1.807, 2.05) is 24.3 Å². The molecule has 0 radical (unpaired) electrons. The van der Waals surface area contributed by atoms with E-state index in [1.165, 1.54) is 18.6 Å². The highest BCUT2D eigenvalue weighted by molar-refractivity contribution is 5.95. The number of halogens is 1. The molecule has 0 aromatic heterocycles. The maximum atomic E-state index is 13.8. The zero-order chi connectivity index (χ0) is 23.2. The second kappa shape index (κ2) is 10.8. The fraction of sp³-hybridized carbons (Fsp3) is 0.481. The normalized spacial score (nSPS) is 19.8. The number of piperazine rings is 1. The van der Waals surface area contributed by atoms with E-state index in [4.69, 9.17) is 4.74 Å². The standard InChI is InChI=1S/C27H33FN2O3/c1-2-3-17-33-24-15-11-21(12-16-24)26-27(32)29(23-7-5-4-6-8-23)19-25(31)30(26)18-20-9-13-22(28)14-10-20/h9-16,23,26H,2-8,17-19H2,1H3. The van der Waals surface area contributed by atoms with Crippen molar-refractivity contribution >= 4 is 11.8 Å². The molecule has 1 unspecified atom stereocenters. The topological polar surface area (TPSA) is 49.9 Å². The van der Waals surface area contributed by atoms with Crippen LogP contribution < -0.4 is 4.74 Å². The van der Waals surface area contributed by atoms with E-state index in [2.05, 4.69) is 6.92 Å². The summed E-state index contributed by atoms with van der Waals surface area (Å²) in [5, 5.41) is 0. The van der Waals surface area contributed by atoms with Gasteiger partial charge >= 0.3 is 0 Å². The third-order valence-corrected chi connectivity index (χ3v) is 6.70. The minimum atomic E-state index is -0.692. The maximum absolute atomic E-state index is 13.8. The maximum Gasteiger partial charge on any atom is 0.250 e. The van der Waals surface area contributed by atoms with Gasteiger partial charge in [0.25, 0.3) is 5.91 Å². The van der Waals surface area contributed by atoms with Gasteiger partial charge in [0.2, 0.25) is 5.91 Å². The molecule has 5 nitrogen and oxygen atoms in total. The summed E-state index contributed by atoms with van der Waals surface area (Å²) in [6, 6.07) is 13.1. The van der Waals surface area contributed by atoms with Crippen LogP contribution >= 0.6 is 0 Å². The molecule has 1 aliphatic carbocycles. The lowest BCUT2D eigenvalue weighted by atomic mass is 9.91. The van der Waals surface area contributed by atoms with Crippen LogP contribution in [-0.2, 0) is 16.1 Å². The molecule has 2 aromatic carbocycles. The van der Waals surface area contributed by atoms with E-state index in [0.29, 0.717) is 6.61 Å². The first-order valence-corrected chi connectivity index (χ1v) is 12.1. The van der Waals surface area contributed by atoms with Crippen molar-refractivity contribution in [2.45, 2.75) is 70.5 Å². The van der Waals surface area contributed by atoms with Crippen LogP contribution in [0.15, 0.2) is 48.5 Å². The Kier molecular flexibility index (Phi) is 7.63. The van der Waals surface area contributed by atoms with Gasteiger partial charge in [0.15, 0.2) is 0 Å². The van der Waals surface area contributed by atoms with Crippen molar-refractivity contribution < 1.29 is 18.7 Å². The van der Waals surface area contributed by atoms with Crippen LogP contribution in [0.25, 0.3) is 0 Å². The van der Waals surface area contributed by atoms with Gasteiger partial charge in [0, 0.05) is 12.6 Å². The molecule has 2 amide bonds. The number of amides is 2. The summed E-state index contributed by atoms with van der Waals surface area (Å²) in [4.78, 5) is 30.5. The highest BCUT2D eigenvalue weighted by atomic mass is 19.1. The first-order chi connectivity index (χ1) is 16.1. The lowest BCUT2D eigenvalue weighted by Gasteiger charge is -2.44. The summed E-state index contributed by atoms with van der Waals surface area (Å²) < 4.78 is 19.2. The molecule has 2 aliphatic rings. The molecular formula is C27H33FN2O3. The van der Waals surface area contributed by atoms with E-state index in [1.54, 1.807) is 21.9 Å². The Hall–Kier alpha value is -2.89. The van der Waals surface area contributed by atoms with Gasteiger partial charge in [0.1, 0.15) is 24.2 Å². The van der Waals surface area contributed by atoms with Crippen molar-refractivity contribution in [1.29, 1.82) is 0 Å². The number of carbonyl (C=O) groups excluding carboxylic acids is 2. The number of unbranched alkanes of at least 4 members (excludes halogenated alkanes) is 1. The van der Waals surface area contributed by atoms with Gasteiger partial charge in [-0.15, -0.1) is 0 Å². The van der Waals surface area contributed by atoms with Gasteiger partial charge in [-0.1, -0.05) is 56.9 Å². The van der Waals surface area contributed by atoms with Gasteiger partial charge in [-0.05, 0) is 54.7 Å². The molecule has 1 aliphatic heterocycles. The first-order valence-electron chi connectivity index (χ1n) is 12.1. The summed E-state index contributed by atoms with van der Waals surface area (Å²) in [7, 11) is 0. The molecule has 1 saturated heterocycles. The highest BCUT2D eigenvalue weighted by Crippen LogP contribution is 2.34. The quantitative estimate of drug-likeness (QED) is 0.514. The molecule has 6 heteroatoms. The molecule has 4 rings (SSSR count). The van der Waals surface area contributed by atoms with Crippen LogP contribution in [0.5, 0.6) is 5.75 Å². The number of carbonyl (C=O) groups is 2. The number of nitrogens with zero attached hydrogens (tertiary/aromatic N) is 2. The van der Waals surface area contributed by atoms with Crippen molar-refractivity contribution in [3.05, 3.63) is 65.5 Å². The Balaban J connectivity index is 1.60. The number of ether oxygens (including phenoxy) is 1. The van der Waals surface area contributed by atoms with Crippen molar-refractivity contribution in [2.75, 3.05) is 13.2 Å². The molecule has 1 atom stereocenters. The zero-order valence-corrected chi connectivity index (χ0v) is 19.3. The van der Waals surface area contributed by atoms with Crippen LogP contribution in [0.1, 0.15) is 69.0 Å². The summed E-state index contributed by atoms with van der Waals surface area (Å²) in [6.45, 7) is 3.15. The van der Waals surface area contributed by atoms with E-state index >= 15 is 0 Å². The predicted octanol–water partition coefficient (Wildman–Crippen LogP) is 5.25. The summed E-state index contributed by atoms with van der Waals surface area (Å²) in [6.07, 6.45) is 7.33. The first kappa shape index (κ1) is 23.3. The van der Waals surface area contributed by atoms with Crippen LogP contribution in [0, 0.1) is 5.82 Å². The summed E-state index contributed by atoms with van der Waals surface area (Å²) in [5.74, 6) is 0.343. The molecule has 176 valence electrons. The molecule has 2 fully saturated rings. The molecule has 0 N–H and O–H groups in total. The molecular weight excluding hydrogens is 419 g/mol. The lowest BCUT2D eigenvalue weighted by Crippen LogP contribution is -2.58. The third kappa shape index (κ3) is 5.55. The van der Waals surface area contributed by atoms with Crippen LogP contribution in [0.2, 0.25) is 0 Å². The average molecular weight is 453 g/mol. The van der Waals surface area contributed by atoms with Crippen LogP contribution in [0.3, 0.4) is 0 Å². The van der Waals surface area contributed by atoms with E-state index in [0.717, 1.165) is 55.4 Å². The SMILES string of the molecule is CCCCOc1ccc(C2C(=O)N(C3CCCCC3)CC(=O)N2Cc2ccc(F)cc2)cc1. The van der Waals surface area contributed by atoms with Gasteiger partial charge in [0.05, 0.1) is 6.61 Å². The second-order valence-electron chi connectivity index (χ2n) is 9.08. The largest absolute Gasteiger partial charge is 0.494 e. The zero-order valence-electron chi connectivity index (χ0n) is 19.3. The smallest absolute Gasteiger partial charge is 0.250 e. The van der Waals surface area contributed by atoms with Crippen LogP contribution in [0.4, 0.5) is 4.39 Å². The molecule has 1 saturated carbocycles. The average Bonchev–Trinajstić information content (AvgIpc) is 2.84. The molecule has 1 heterocycles. The van der Waals surface area contributed by atoms with Crippen molar-refractivity contribution in [1.82, 2.24) is 9.80 Å². The van der Waals surface area contributed by atoms with E-state index in [9.17, 15) is 14.0 Å². The molecule has 0 bridgehead atoms. The summed E-state index contributed by atoms with van der Waals surface area (Å²) >= 11 is 0. The summed E-state index contributed by atoms with van der Waals surface area (Å²) in [5.41, 5.74) is 1.58. The van der Waals surface area contributed by atoms with Crippen molar-refractivity contribution in [2.24, 2.45) is 0 Å². The number of hydrogen-bond donors (Lipinski definition) is 0. The fourth-order valence-electron chi connectivity index (χ4n) is 4.82. The van der Waals surface area contributed by atoms with Gasteiger partial charge in [-0.2, -0.15) is 0 Å². The number of hydrogen-bond acceptors (Lipinski definition) is 3. The van der Waals surface area contributed by atoms with Crippen LogP contribution in [-0.4, -0.2) is 40.8 Å². The van der Waals surface area contributed by atoms with Gasteiger partial charge in [-0.3, -0.25) is 9.59 Å². The Bertz CT molecular complexity index is 939. The lowest BCUT2D eigenvalue weighted by molar-refractivity contribution is -0.160. The molecule has 2 aromatic rings. The third-order valence-electron chi connectivity index (χ3n) is 6.70. The van der Waals surface area contributed by atoms with E-state index < -0.39 is 6.04 Å². The fourth-order valence-corrected chi connectivity index (χ4v) is 4.82. The predicted molar refractivity (Wildman–Crippen MR) is 125 cm³/mol. The monoisotopic (exact) mass is 452 g/mol. The second-order valence-corrected chi connectivity index (χ2v) is 9.08. The minimum Gasteiger partial charge on any atom is -0.494 e. The van der Waals surface area contributed by atoms with Gasteiger partial charge in [-0.25, -0.2) is 4.39 Å².